The molecule has 0 radical (unpaired) electrons. The van der Waals surface area contributed by atoms with Crippen LogP contribution in [0.3, 0.4) is 0 Å². The minimum Gasteiger partial charge on any atom is -0.394 e. The van der Waals surface area contributed by atoms with Crippen LogP contribution in [0.25, 0.3) is 0 Å². The molecular weight excluding hydrogens is 767 g/mol. The third-order valence-corrected chi connectivity index (χ3v) is 10.3. The molecule has 0 aromatic heterocycles. The summed E-state index contributed by atoms with van der Waals surface area (Å²) in [6.45, 7) is 3.41. The fourth-order valence-electron chi connectivity index (χ4n) is 6.59. The van der Waals surface area contributed by atoms with Gasteiger partial charge in [-0.15, -0.1) is 0 Å². The van der Waals surface area contributed by atoms with Gasteiger partial charge in [0.2, 0.25) is 5.91 Å². The Morgan fingerprint density at radius 3 is 1.48 bits per heavy atom. The Morgan fingerprint density at radius 2 is 1.02 bits per heavy atom. The molecule has 0 spiro atoms. The van der Waals surface area contributed by atoms with Crippen molar-refractivity contribution in [3.8, 4) is 0 Å². The van der Waals surface area contributed by atoms with Crippen molar-refractivity contribution < 1.29 is 39.8 Å². The maximum atomic E-state index is 12.8. The molecule has 9 heteroatoms. The van der Waals surface area contributed by atoms with Crippen molar-refractivity contribution in [2.45, 2.75) is 198 Å². The predicted molar refractivity (Wildman–Crippen MR) is 253 cm³/mol. The van der Waals surface area contributed by atoms with E-state index >= 15 is 0 Å². The molecule has 6 N–H and O–H groups in total. The number of unbranched alkanes of at least 4 members (excludes halogenated alkanes) is 11. The lowest BCUT2D eigenvalue weighted by molar-refractivity contribution is -0.302. The first kappa shape index (κ1) is 55.9. The molecule has 1 aliphatic heterocycles. The number of aliphatic hydroxyl groups excluding tert-OH is 5. The number of nitrogens with one attached hydrogen (secondary N) is 1. The van der Waals surface area contributed by atoms with Crippen LogP contribution in [0.4, 0.5) is 0 Å². The summed E-state index contributed by atoms with van der Waals surface area (Å²) in [5.41, 5.74) is 0. The van der Waals surface area contributed by atoms with Crippen molar-refractivity contribution in [3.05, 3.63) is 109 Å². The Balaban J connectivity index is 2.05. The first-order valence-corrected chi connectivity index (χ1v) is 23.6. The smallest absolute Gasteiger partial charge is 0.220 e. The molecule has 1 amide bonds. The molecule has 0 aromatic rings. The molecule has 9 nitrogen and oxygen atoms in total. The number of carbonyl (C=O) groups is 1. The Hall–Kier alpha value is -3.15. The van der Waals surface area contributed by atoms with E-state index in [9.17, 15) is 30.3 Å². The van der Waals surface area contributed by atoms with Crippen molar-refractivity contribution in [1.29, 1.82) is 0 Å². The molecule has 0 saturated carbocycles. The first-order chi connectivity index (χ1) is 29.8. The number of rotatable bonds is 37. The highest BCUT2D eigenvalue weighted by Crippen LogP contribution is 2.22. The zero-order valence-electron chi connectivity index (χ0n) is 37.9. The Kier molecular flexibility index (Phi) is 37.5. The Bertz CT molecular complexity index is 1310. The number of hydrogen-bond acceptors (Lipinski definition) is 8. The largest absolute Gasteiger partial charge is 0.394 e. The van der Waals surface area contributed by atoms with Crippen molar-refractivity contribution in [1.82, 2.24) is 5.32 Å². The third-order valence-electron chi connectivity index (χ3n) is 10.3. The quantitative estimate of drug-likeness (QED) is 0.0267. The van der Waals surface area contributed by atoms with Crippen molar-refractivity contribution in [3.63, 3.8) is 0 Å². The van der Waals surface area contributed by atoms with Gasteiger partial charge < -0.3 is 40.3 Å². The summed E-state index contributed by atoms with van der Waals surface area (Å²) in [5, 5.41) is 53.4. The highest BCUT2D eigenvalue weighted by Gasteiger charge is 2.44. The van der Waals surface area contributed by atoms with Gasteiger partial charge in [0.05, 0.1) is 25.4 Å². The van der Waals surface area contributed by atoms with Crippen molar-refractivity contribution in [2.24, 2.45) is 0 Å². The van der Waals surface area contributed by atoms with Crippen molar-refractivity contribution in [2.75, 3.05) is 13.2 Å². The number of carbonyl (C=O) groups excluding carboxylic acids is 1. The normalized spacial score (nSPS) is 21.5. The zero-order valence-corrected chi connectivity index (χ0v) is 37.9. The van der Waals surface area contributed by atoms with Crippen LogP contribution in [0.2, 0.25) is 0 Å². The van der Waals surface area contributed by atoms with Crippen LogP contribution in [-0.2, 0) is 14.3 Å². The molecule has 61 heavy (non-hydrogen) atoms. The average Bonchev–Trinajstić information content (AvgIpc) is 3.26. The molecule has 0 aromatic carbocycles. The molecule has 0 aliphatic carbocycles. The Labute approximate surface area is 370 Å². The van der Waals surface area contributed by atoms with E-state index in [2.05, 4.69) is 109 Å². The number of ether oxygens (including phenoxy) is 2. The fourth-order valence-corrected chi connectivity index (χ4v) is 6.59. The third kappa shape index (κ3) is 31.4. The number of hydrogen-bond donors (Lipinski definition) is 6. The number of allylic oxidation sites excluding steroid dienone is 17. The summed E-state index contributed by atoms with van der Waals surface area (Å²) in [7, 11) is 0. The molecule has 1 saturated heterocycles. The monoisotopic (exact) mass is 852 g/mol. The van der Waals surface area contributed by atoms with Crippen LogP contribution in [0, 0.1) is 0 Å². The van der Waals surface area contributed by atoms with E-state index in [1.807, 2.05) is 13.0 Å². The van der Waals surface area contributed by atoms with Gasteiger partial charge in [-0.1, -0.05) is 181 Å². The van der Waals surface area contributed by atoms with Gasteiger partial charge in [0, 0.05) is 6.42 Å². The first-order valence-electron chi connectivity index (χ1n) is 23.6. The van der Waals surface area contributed by atoms with E-state index in [-0.39, 0.29) is 12.5 Å². The van der Waals surface area contributed by atoms with Crippen LogP contribution < -0.4 is 5.32 Å². The summed E-state index contributed by atoms with van der Waals surface area (Å²) >= 11 is 0. The molecule has 1 heterocycles. The maximum absolute atomic E-state index is 12.8. The van der Waals surface area contributed by atoms with Crippen molar-refractivity contribution >= 4 is 5.91 Å². The predicted octanol–water partition coefficient (Wildman–Crippen LogP) is 10.3. The molecule has 7 atom stereocenters. The number of aliphatic hydroxyl groups is 5. The molecule has 1 aliphatic rings. The van der Waals surface area contributed by atoms with E-state index in [1.54, 1.807) is 6.08 Å². The molecule has 1 rings (SSSR count). The van der Waals surface area contributed by atoms with Crippen LogP contribution >= 0.6 is 0 Å². The molecule has 1 fully saturated rings. The van der Waals surface area contributed by atoms with Crippen LogP contribution in [0.5, 0.6) is 0 Å². The van der Waals surface area contributed by atoms with Gasteiger partial charge in [0.1, 0.15) is 24.4 Å². The summed E-state index contributed by atoms with van der Waals surface area (Å²) in [5.74, 6) is -0.200. The second-order valence-electron chi connectivity index (χ2n) is 15.8. The van der Waals surface area contributed by atoms with Gasteiger partial charge in [-0.05, 0) is 77.0 Å². The van der Waals surface area contributed by atoms with E-state index in [0.717, 1.165) is 96.3 Å². The topological polar surface area (TPSA) is 149 Å². The van der Waals surface area contributed by atoms with Gasteiger partial charge >= 0.3 is 0 Å². The van der Waals surface area contributed by atoms with Gasteiger partial charge in [-0.2, -0.15) is 0 Å². The maximum Gasteiger partial charge on any atom is 0.220 e. The fraction of sp³-hybridized carbons (Fsp3) is 0.635. The van der Waals surface area contributed by atoms with Gasteiger partial charge in [0.15, 0.2) is 6.29 Å². The highest BCUT2D eigenvalue weighted by atomic mass is 16.7. The minimum atomic E-state index is -1.57. The molecule has 7 unspecified atom stereocenters. The zero-order chi connectivity index (χ0) is 44.4. The molecule has 0 bridgehead atoms. The minimum absolute atomic E-state index is 0.200. The van der Waals surface area contributed by atoms with Gasteiger partial charge in [0.25, 0.3) is 0 Å². The summed E-state index contributed by atoms with van der Waals surface area (Å²) in [4.78, 5) is 12.8. The molecular formula is C52H85NO8. The lowest BCUT2D eigenvalue weighted by Gasteiger charge is -2.40. The van der Waals surface area contributed by atoms with Crippen LogP contribution in [0.1, 0.15) is 155 Å². The SMILES string of the molecule is CC/C=C\C/C=C\C/C=C\C/C=C\C/C=C\C/C=C\C/C=C\C/C=C\CCCCCCCCCCCCC(=O)NC(COC1OC(CO)C(O)C(O)C1O)C(O)/C=C/CCC. The van der Waals surface area contributed by atoms with E-state index in [0.29, 0.717) is 6.42 Å². The second kappa shape index (κ2) is 40.9. The second-order valence-corrected chi connectivity index (χ2v) is 15.8. The highest BCUT2D eigenvalue weighted by molar-refractivity contribution is 5.76. The number of amides is 1. The summed E-state index contributed by atoms with van der Waals surface area (Å²) in [6, 6.07) is -0.809. The summed E-state index contributed by atoms with van der Waals surface area (Å²) < 4.78 is 11.0. The summed E-state index contributed by atoms with van der Waals surface area (Å²) in [6.07, 6.45) is 53.9. The van der Waals surface area contributed by atoms with Crippen LogP contribution in [0.15, 0.2) is 109 Å². The van der Waals surface area contributed by atoms with E-state index in [1.165, 1.54) is 38.5 Å². The molecule has 346 valence electrons. The van der Waals surface area contributed by atoms with Gasteiger partial charge in [-0.25, -0.2) is 0 Å². The van der Waals surface area contributed by atoms with E-state index in [4.69, 9.17) is 9.47 Å². The Morgan fingerprint density at radius 1 is 0.574 bits per heavy atom. The standard InChI is InChI=1S/C52H85NO8/c1-3-5-7-8-9-10-11-12-13-14-15-16-17-18-19-20-21-22-23-24-25-26-27-28-29-30-31-32-33-34-35-36-37-38-40-42-48(56)53-45(46(55)41-39-6-4-2)44-60-52-51(59)50(58)49(57)47(43-54)61-52/h5,7,9-10,12-13,15-16,18-19,21-22,24-25,27-28,39,41,45-47,49-52,54-55,57-59H,3-4,6,8,11,14,17,20,23,26,29-38,40,42-44H2,1-2H3,(H,53,56)/b7-5-,10-9-,13-12-,16-15-,19-18-,22-21-,25-24-,28-27-,41-39+. The van der Waals surface area contributed by atoms with Gasteiger partial charge in [-0.3, -0.25) is 4.79 Å². The average molecular weight is 852 g/mol. The van der Waals surface area contributed by atoms with Crippen LogP contribution in [-0.4, -0.2) is 87.5 Å². The van der Waals surface area contributed by atoms with E-state index < -0.39 is 49.5 Å². The lowest BCUT2D eigenvalue weighted by atomic mass is 9.99. The lowest BCUT2D eigenvalue weighted by Crippen LogP contribution is -2.60.